The van der Waals surface area contributed by atoms with Gasteiger partial charge in [-0.3, -0.25) is 4.79 Å². The second kappa shape index (κ2) is 4.77. The molecule has 0 aliphatic carbocycles. The molecule has 1 fully saturated rings. The van der Waals surface area contributed by atoms with Gasteiger partial charge in [-0.05, 0) is 18.2 Å². The summed E-state index contributed by atoms with van der Waals surface area (Å²) in [5, 5.41) is -0.220. The molecule has 0 bridgehead atoms. The SMILES string of the molecule is O=C1CC(S)CN1c1ccc(Br)cc1C(F)(F)F. The maximum atomic E-state index is 12.9. The lowest BCUT2D eigenvalue weighted by atomic mass is 10.1. The minimum Gasteiger partial charge on any atom is -0.311 e. The fourth-order valence-corrected chi connectivity index (χ4v) is 2.57. The maximum absolute atomic E-state index is 12.9. The van der Waals surface area contributed by atoms with E-state index in [1.54, 1.807) is 0 Å². The molecule has 0 radical (unpaired) electrons. The first-order chi connectivity index (χ1) is 8.29. The summed E-state index contributed by atoms with van der Waals surface area (Å²) in [6, 6.07) is 3.77. The van der Waals surface area contributed by atoms with Crippen molar-refractivity contribution in [1.29, 1.82) is 0 Å². The van der Waals surface area contributed by atoms with E-state index in [2.05, 4.69) is 28.6 Å². The van der Waals surface area contributed by atoms with E-state index in [0.29, 0.717) is 4.47 Å². The topological polar surface area (TPSA) is 20.3 Å². The van der Waals surface area contributed by atoms with E-state index in [4.69, 9.17) is 0 Å². The maximum Gasteiger partial charge on any atom is 0.418 e. The van der Waals surface area contributed by atoms with Gasteiger partial charge in [-0.1, -0.05) is 15.9 Å². The van der Waals surface area contributed by atoms with Crippen LogP contribution < -0.4 is 4.90 Å². The molecular weight excluding hydrogens is 331 g/mol. The van der Waals surface area contributed by atoms with Gasteiger partial charge in [-0.15, -0.1) is 0 Å². The van der Waals surface area contributed by atoms with Gasteiger partial charge in [0.05, 0.1) is 11.3 Å². The predicted octanol–water partition coefficient (Wildman–Crippen LogP) is 3.50. The quantitative estimate of drug-likeness (QED) is 0.776. The molecule has 2 nitrogen and oxygen atoms in total. The van der Waals surface area contributed by atoms with Gasteiger partial charge in [0.15, 0.2) is 0 Å². The van der Waals surface area contributed by atoms with Crippen molar-refractivity contribution >= 4 is 40.2 Å². The van der Waals surface area contributed by atoms with Crippen LogP contribution in [0.4, 0.5) is 18.9 Å². The number of rotatable bonds is 1. The molecule has 0 aromatic heterocycles. The van der Waals surface area contributed by atoms with Gasteiger partial charge in [-0.2, -0.15) is 25.8 Å². The molecule has 1 unspecified atom stereocenters. The number of halogens is 4. The van der Waals surface area contributed by atoms with Crippen molar-refractivity contribution in [3.8, 4) is 0 Å². The smallest absolute Gasteiger partial charge is 0.311 e. The summed E-state index contributed by atoms with van der Waals surface area (Å²) in [4.78, 5) is 12.8. The van der Waals surface area contributed by atoms with Crippen LogP contribution in [-0.4, -0.2) is 17.7 Å². The number of carbonyl (C=O) groups is 1. The standard InChI is InChI=1S/C11H9BrF3NOS/c12-6-1-2-9(8(3-6)11(13,14)15)16-5-7(18)4-10(16)17/h1-3,7,18H,4-5H2. The molecule has 1 atom stereocenters. The van der Waals surface area contributed by atoms with Crippen LogP contribution in [0, 0.1) is 0 Å². The monoisotopic (exact) mass is 339 g/mol. The summed E-state index contributed by atoms with van der Waals surface area (Å²) >= 11 is 7.14. The summed E-state index contributed by atoms with van der Waals surface area (Å²) < 4.78 is 39.1. The van der Waals surface area contributed by atoms with Gasteiger partial charge in [0, 0.05) is 22.7 Å². The summed E-state index contributed by atoms with van der Waals surface area (Å²) in [6.07, 6.45) is -4.33. The zero-order valence-corrected chi connectivity index (χ0v) is 11.5. The van der Waals surface area contributed by atoms with Crippen molar-refractivity contribution in [3.63, 3.8) is 0 Å². The number of benzene rings is 1. The van der Waals surface area contributed by atoms with Crippen LogP contribution in [0.25, 0.3) is 0 Å². The van der Waals surface area contributed by atoms with Crippen molar-refractivity contribution in [2.24, 2.45) is 0 Å². The van der Waals surface area contributed by atoms with E-state index in [-0.39, 0.29) is 29.8 Å². The highest BCUT2D eigenvalue weighted by atomic mass is 79.9. The third kappa shape index (κ3) is 2.66. The van der Waals surface area contributed by atoms with Crippen LogP contribution in [0.5, 0.6) is 0 Å². The highest BCUT2D eigenvalue weighted by Gasteiger charge is 2.38. The highest BCUT2D eigenvalue weighted by Crippen LogP contribution is 2.39. The highest BCUT2D eigenvalue weighted by molar-refractivity contribution is 9.10. The van der Waals surface area contributed by atoms with E-state index in [9.17, 15) is 18.0 Å². The van der Waals surface area contributed by atoms with Crippen molar-refractivity contribution in [3.05, 3.63) is 28.2 Å². The van der Waals surface area contributed by atoms with Crippen LogP contribution in [0.2, 0.25) is 0 Å². The first-order valence-electron chi connectivity index (χ1n) is 5.14. The number of hydrogen-bond donors (Lipinski definition) is 1. The Kier molecular flexibility index (Phi) is 3.64. The van der Waals surface area contributed by atoms with Crippen LogP contribution in [0.3, 0.4) is 0 Å². The Morgan fingerprint density at radius 2 is 2.06 bits per heavy atom. The van der Waals surface area contributed by atoms with Gasteiger partial charge in [-0.25, -0.2) is 0 Å². The molecule has 0 spiro atoms. The number of amides is 1. The van der Waals surface area contributed by atoms with E-state index in [1.165, 1.54) is 12.1 Å². The molecular formula is C11H9BrF3NOS. The Hall–Kier alpha value is -0.690. The number of anilines is 1. The molecule has 1 aromatic carbocycles. The third-order valence-corrected chi connectivity index (χ3v) is 3.50. The lowest BCUT2D eigenvalue weighted by Crippen LogP contribution is -2.27. The lowest BCUT2D eigenvalue weighted by molar-refractivity contribution is -0.137. The van der Waals surface area contributed by atoms with Crippen molar-refractivity contribution < 1.29 is 18.0 Å². The average Bonchev–Trinajstić information content (AvgIpc) is 2.56. The molecule has 2 rings (SSSR count). The van der Waals surface area contributed by atoms with Crippen molar-refractivity contribution in [2.75, 3.05) is 11.4 Å². The van der Waals surface area contributed by atoms with E-state index in [0.717, 1.165) is 11.0 Å². The Bertz CT molecular complexity index is 492. The van der Waals surface area contributed by atoms with E-state index in [1.807, 2.05) is 0 Å². The molecule has 1 heterocycles. The Balaban J connectivity index is 2.48. The summed E-state index contributed by atoms with van der Waals surface area (Å²) in [5.41, 5.74) is -0.917. The van der Waals surface area contributed by atoms with Gasteiger partial charge in [0.1, 0.15) is 0 Å². The zero-order valence-electron chi connectivity index (χ0n) is 9.04. The number of nitrogens with zero attached hydrogens (tertiary/aromatic N) is 1. The second-order valence-corrected chi connectivity index (χ2v) is 5.67. The van der Waals surface area contributed by atoms with Gasteiger partial charge in [0.2, 0.25) is 5.91 Å². The van der Waals surface area contributed by atoms with Gasteiger partial charge < -0.3 is 4.90 Å². The molecule has 0 N–H and O–H groups in total. The Labute approximate surface area is 116 Å². The fourth-order valence-electron chi connectivity index (χ4n) is 1.89. The number of hydrogen-bond acceptors (Lipinski definition) is 2. The number of alkyl halides is 3. The molecule has 1 aliphatic heterocycles. The number of thiol groups is 1. The predicted molar refractivity (Wildman–Crippen MR) is 68.9 cm³/mol. The molecule has 98 valence electrons. The first-order valence-corrected chi connectivity index (χ1v) is 6.45. The molecule has 0 saturated carbocycles. The molecule has 1 amide bonds. The number of carbonyl (C=O) groups excluding carboxylic acids is 1. The first kappa shape index (κ1) is 13.7. The van der Waals surface area contributed by atoms with Crippen molar-refractivity contribution in [2.45, 2.75) is 17.8 Å². The molecule has 1 aromatic rings. The average molecular weight is 340 g/mol. The molecule has 1 saturated heterocycles. The van der Waals surface area contributed by atoms with Crippen LogP contribution in [0.15, 0.2) is 22.7 Å². The summed E-state index contributed by atoms with van der Waals surface area (Å²) in [7, 11) is 0. The minimum atomic E-state index is -4.49. The van der Waals surface area contributed by atoms with Gasteiger partial charge >= 0.3 is 6.18 Å². The van der Waals surface area contributed by atoms with Crippen LogP contribution >= 0.6 is 28.6 Å². The fraction of sp³-hybridized carbons (Fsp3) is 0.364. The van der Waals surface area contributed by atoms with Crippen LogP contribution in [-0.2, 0) is 11.0 Å². The van der Waals surface area contributed by atoms with E-state index >= 15 is 0 Å². The van der Waals surface area contributed by atoms with E-state index < -0.39 is 11.7 Å². The summed E-state index contributed by atoms with van der Waals surface area (Å²) in [5.74, 6) is -0.331. The minimum absolute atomic E-state index is 0.104. The third-order valence-electron chi connectivity index (χ3n) is 2.66. The summed E-state index contributed by atoms with van der Waals surface area (Å²) in [6.45, 7) is 0.201. The molecule has 18 heavy (non-hydrogen) atoms. The second-order valence-electron chi connectivity index (χ2n) is 4.02. The zero-order chi connectivity index (χ0) is 13.5. The normalized spacial score (nSPS) is 20.6. The largest absolute Gasteiger partial charge is 0.418 e. The van der Waals surface area contributed by atoms with Gasteiger partial charge in [0.25, 0.3) is 0 Å². The lowest BCUT2D eigenvalue weighted by Gasteiger charge is -2.21. The van der Waals surface area contributed by atoms with Crippen LogP contribution in [0.1, 0.15) is 12.0 Å². The Morgan fingerprint density at radius 3 is 2.56 bits per heavy atom. The molecule has 1 aliphatic rings. The van der Waals surface area contributed by atoms with Crippen molar-refractivity contribution in [1.82, 2.24) is 0 Å². The Morgan fingerprint density at radius 1 is 1.39 bits per heavy atom. The molecule has 7 heteroatoms.